The summed E-state index contributed by atoms with van der Waals surface area (Å²) in [5.41, 5.74) is 0.259. The van der Waals surface area contributed by atoms with Crippen molar-refractivity contribution in [3.05, 3.63) is 22.2 Å². The smallest absolute Gasteiger partial charge is 0.252 e. The zero-order valence-corrected chi connectivity index (χ0v) is 11.1. The number of anilines is 1. The van der Waals surface area contributed by atoms with Gasteiger partial charge in [-0.25, -0.2) is 4.98 Å². The Kier molecular flexibility index (Phi) is 2.68. The lowest BCUT2D eigenvalue weighted by atomic mass is 9.87. The van der Waals surface area contributed by atoms with Gasteiger partial charge in [0.25, 0.3) is 5.56 Å². The van der Waals surface area contributed by atoms with Crippen molar-refractivity contribution < 1.29 is 0 Å². The second-order valence-corrected chi connectivity index (χ2v) is 6.37. The highest BCUT2D eigenvalue weighted by Gasteiger charge is 2.35. The summed E-state index contributed by atoms with van der Waals surface area (Å²) in [4.78, 5) is 19.0. The van der Waals surface area contributed by atoms with Crippen LogP contribution in [-0.2, 0) is 0 Å². The van der Waals surface area contributed by atoms with Gasteiger partial charge >= 0.3 is 0 Å². The first-order valence-corrected chi connectivity index (χ1v) is 6.92. The molecule has 4 heteroatoms. The van der Waals surface area contributed by atoms with Crippen LogP contribution in [-0.4, -0.2) is 16.0 Å². The molecular weight excluding hydrogens is 226 g/mol. The van der Waals surface area contributed by atoms with Crippen LogP contribution in [0.1, 0.15) is 57.7 Å². The predicted octanol–water partition coefficient (Wildman–Crippen LogP) is 2.64. The van der Waals surface area contributed by atoms with Gasteiger partial charge in [-0.05, 0) is 31.1 Å². The Morgan fingerprint density at radius 3 is 2.78 bits per heavy atom. The van der Waals surface area contributed by atoms with E-state index in [2.05, 4.69) is 29.1 Å². The van der Waals surface area contributed by atoms with Gasteiger partial charge in [-0.1, -0.05) is 20.3 Å². The van der Waals surface area contributed by atoms with Gasteiger partial charge in [0.05, 0.1) is 0 Å². The van der Waals surface area contributed by atoms with Gasteiger partial charge < -0.3 is 10.3 Å². The van der Waals surface area contributed by atoms with Gasteiger partial charge in [-0.3, -0.25) is 4.79 Å². The van der Waals surface area contributed by atoms with Gasteiger partial charge in [0.15, 0.2) is 0 Å². The SMILES string of the molecule is CC1(C)CCCC1Nc1cc(=O)[nH]c(C2CC2)n1. The van der Waals surface area contributed by atoms with Crippen LogP contribution >= 0.6 is 0 Å². The van der Waals surface area contributed by atoms with Gasteiger partial charge in [0, 0.05) is 18.0 Å². The number of H-pyrrole nitrogens is 1. The molecule has 0 saturated heterocycles. The Hall–Kier alpha value is -1.32. The molecular formula is C14H21N3O. The summed E-state index contributed by atoms with van der Waals surface area (Å²) in [7, 11) is 0. The van der Waals surface area contributed by atoms with Gasteiger partial charge in [-0.2, -0.15) is 0 Å². The minimum Gasteiger partial charge on any atom is -0.367 e. The van der Waals surface area contributed by atoms with E-state index in [1.165, 1.54) is 19.3 Å². The summed E-state index contributed by atoms with van der Waals surface area (Å²) in [6.07, 6.45) is 5.97. The number of hydrogen-bond acceptors (Lipinski definition) is 3. The van der Waals surface area contributed by atoms with Crippen molar-refractivity contribution in [1.82, 2.24) is 9.97 Å². The van der Waals surface area contributed by atoms with Crippen LogP contribution in [0.2, 0.25) is 0 Å². The van der Waals surface area contributed by atoms with Crippen LogP contribution in [0.4, 0.5) is 5.82 Å². The van der Waals surface area contributed by atoms with E-state index in [1.807, 2.05) is 0 Å². The fraction of sp³-hybridized carbons (Fsp3) is 0.714. The monoisotopic (exact) mass is 247 g/mol. The molecule has 0 aromatic carbocycles. The lowest BCUT2D eigenvalue weighted by molar-refractivity contribution is 0.349. The van der Waals surface area contributed by atoms with Crippen molar-refractivity contribution in [2.75, 3.05) is 5.32 Å². The van der Waals surface area contributed by atoms with E-state index in [1.54, 1.807) is 6.07 Å². The molecule has 2 saturated carbocycles. The molecule has 1 aromatic rings. The number of rotatable bonds is 3. The lowest BCUT2D eigenvalue weighted by Crippen LogP contribution is -2.31. The quantitative estimate of drug-likeness (QED) is 0.863. The Morgan fingerprint density at radius 2 is 2.17 bits per heavy atom. The fourth-order valence-electron chi connectivity index (χ4n) is 2.87. The van der Waals surface area contributed by atoms with Gasteiger partial charge in [-0.15, -0.1) is 0 Å². The van der Waals surface area contributed by atoms with Crippen LogP contribution in [0.25, 0.3) is 0 Å². The first-order valence-electron chi connectivity index (χ1n) is 6.92. The second kappa shape index (κ2) is 4.11. The minimum atomic E-state index is -0.0368. The normalized spacial score (nSPS) is 26.2. The highest BCUT2D eigenvalue weighted by atomic mass is 16.1. The van der Waals surface area contributed by atoms with Crippen molar-refractivity contribution in [1.29, 1.82) is 0 Å². The summed E-state index contributed by atoms with van der Waals surface area (Å²) in [6, 6.07) is 2.01. The topological polar surface area (TPSA) is 57.8 Å². The third kappa shape index (κ3) is 2.28. The summed E-state index contributed by atoms with van der Waals surface area (Å²) in [6.45, 7) is 4.57. The maximum Gasteiger partial charge on any atom is 0.252 e. The number of aromatic nitrogens is 2. The molecule has 1 unspecified atom stereocenters. The van der Waals surface area contributed by atoms with E-state index < -0.39 is 0 Å². The molecule has 2 aliphatic rings. The molecule has 1 atom stereocenters. The van der Waals surface area contributed by atoms with E-state index >= 15 is 0 Å². The molecule has 2 N–H and O–H groups in total. The average molecular weight is 247 g/mol. The van der Waals surface area contributed by atoms with Gasteiger partial charge in [0.1, 0.15) is 11.6 Å². The first-order chi connectivity index (χ1) is 8.54. The number of nitrogens with one attached hydrogen (secondary N) is 2. The molecule has 98 valence electrons. The summed E-state index contributed by atoms with van der Waals surface area (Å²) < 4.78 is 0. The molecule has 0 bridgehead atoms. The van der Waals surface area contributed by atoms with E-state index in [4.69, 9.17) is 0 Å². The Labute approximate surface area is 107 Å². The van der Waals surface area contributed by atoms with Crippen LogP contribution in [0.15, 0.2) is 10.9 Å². The second-order valence-electron chi connectivity index (χ2n) is 6.37. The van der Waals surface area contributed by atoms with Crippen molar-refractivity contribution in [3.63, 3.8) is 0 Å². The maximum atomic E-state index is 11.6. The zero-order chi connectivity index (χ0) is 12.8. The number of nitrogens with zero attached hydrogens (tertiary/aromatic N) is 1. The van der Waals surface area contributed by atoms with Crippen LogP contribution in [0, 0.1) is 5.41 Å². The Balaban J connectivity index is 1.82. The van der Waals surface area contributed by atoms with Crippen LogP contribution in [0.3, 0.4) is 0 Å². The highest BCUT2D eigenvalue weighted by molar-refractivity contribution is 5.36. The average Bonchev–Trinajstić information content (AvgIpc) is 3.06. The summed E-state index contributed by atoms with van der Waals surface area (Å²) in [5.74, 6) is 2.09. The molecule has 3 rings (SSSR count). The van der Waals surface area contributed by atoms with Gasteiger partial charge in [0.2, 0.25) is 0 Å². The molecule has 0 aliphatic heterocycles. The predicted molar refractivity (Wildman–Crippen MR) is 71.9 cm³/mol. The van der Waals surface area contributed by atoms with E-state index in [-0.39, 0.29) is 5.56 Å². The standard InChI is InChI=1S/C14H21N3O/c1-14(2)7-3-4-10(14)15-11-8-12(18)17-13(16-11)9-5-6-9/h8-10H,3-7H2,1-2H3,(H2,15,16,17,18). The first kappa shape index (κ1) is 11.8. The van der Waals surface area contributed by atoms with E-state index in [9.17, 15) is 4.79 Å². The largest absolute Gasteiger partial charge is 0.367 e. The third-order valence-corrected chi connectivity index (χ3v) is 4.30. The van der Waals surface area contributed by atoms with Crippen LogP contribution in [0.5, 0.6) is 0 Å². The molecule has 1 aromatic heterocycles. The molecule has 18 heavy (non-hydrogen) atoms. The Bertz CT molecular complexity index is 502. The molecule has 0 amide bonds. The van der Waals surface area contributed by atoms with Crippen molar-refractivity contribution in [2.24, 2.45) is 5.41 Å². The van der Waals surface area contributed by atoms with E-state index in [0.717, 1.165) is 24.5 Å². The molecule has 2 aliphatic carbocycles. The third-order valence-electron chi connectivity index (χ3n) is 4.30. The molecule has 4 nitrogen and oxygen atoms in total. The fourth-order valence-corrected chi connectivity index (χ4v) is 2.87. The number of aromatic amines is 1. The zero-order valence-electron chi connectivity index (χ0n) is 11.1. The highest BCUT2D eigenvalue weighted by Crippen LogP contribution is 2.40. The minimum absolute atomic E-state index is 0.0368. The number of hydrogen-bond donors (Lipinski definition) is 2. The molecule has 1 heterocycles. The molecule has 0 spiro atoms. The van der Waals surface area contributed by atoms with Crippen molar-refractivity contribution in [3.8, 4) is 0 Å². The van der Waals surface area contributed by atoms with E-state index in [0.29, 0.717) is 17.4 Å². The molecule has 2 fully saturated rings. The summed E-state index contributed by atoms with van der Waals surface area (Å²) in [5, 5.41) is 3.46. The van der Waals surface area contributed by atoms with Crippen molar-refractivity contribution in [2.45, 2.75) is 57.9 Å². The molecule has 0 radical (unpaired) electrons. The maximum absolute atomic E-state index is 11.6. The van der Waals surface area contributed by atoms with Crippen LogP contribution < -0.4 is 10.9 Å². The summed E-state index contributed by atoms with van der Waals surface area (Å²) >= 11 is 0. The Morgan fingerprint density at radius 1 is 1.39 bits per heavy atom. The van der Waals surface area contributed by atoms with Crippen molar-refractivity contribution >= 4 is 5.82 Å². The lowest BCUT2D eigenvalue weighted by Gasteiger charge is -2.28.